The molecule has 0 aliphatic rings. The van der Waals surface area contributed by atoms with E-state index in [1.165, 1.54) is 35.0 Å². The van der Waals surface area contributed by atoms with Crippen molar-refractivity contribution in [3.8, 4) is 11.3 Å². The molecule has 0 saturated carbocycles. The van der Waals surface area contributed by atoms with Crippen molar-refractivity contribution in [3.63, 3.8) is 0 Å². The summed E-state index contributed by atoms with van der Waals surface area (Å²) in [6.45, 7) is 1.77. The van der Waals surface area contributed by atoms with E-state index in [1.807, 2.05) is 30.3 Å². The zero-order chi connectivity index (χ0) is 28.2. The number of hydrogen-bond acceptors (Lipinski definition) is 6. The summed E-state index contributed by atoms with van der Waals surface area (Å²) < 4.78 is 14.9. The highest BCUT2D eigenvalue weighted by Gasteiger charge is 2.17. The molecule has 5 aromatic rings. The minimum absolute atomic E-state index is 0.0732. The number of anilines is 1. The van der Waals surface area contributed by atoms with Gasteiger partial charge in [-0.1, -0.05) is 18.2 Å². The number of likely N-dealkylation sites (N-methyl/N-ethyl adjacent to an activating group) is 1. The normalized spacial score (nSPS) is 11.8. The lowest BCUT2D eigenvalue weighted by molar-refractivity contribution is -0.117. The van der Waals surface area contributed by atoms with Gasteiger partial charge in [-0.2, -0.15) is 0 Å². The van der Waals surface area contributed by atoms with Crippen LogP contribution < -0.4 is 16.2 Å². The number of carbonyl (C=O) groups excluding carboxylic acids is 2. The number of carbonyl (C=O) groups is 2. The number of aromatic nitrogens is 3. The lowest BCUT2D eigenvalue weighted by Gasteiger charge is -2.17. The molecular weight excluding hydrogens is 509 g/mol. The molecule has 0 radical (unpaired) electrons. The highest BCUT2D eigenvalue weighted by atomic mass is 19.1. The number of halogens is 1. The predicted molar refractivity (Wildman–Crippen MR) is 152 cm³/mol. The van der Waals surface area contributed by atoms with E-state index in [9.17, 15) is 18.8 Å². The SMILES string of the molecule is CN[C@H](C)C(=O)Nc1ccc(-c2cnc3ccccc3c2)n(Cc2cncc(C(=O)c3ccc(F)cc3)c2)c1=O. The van der Waals surface area contributed by atoms with Crippen molar-refractivity contribution >= 4 is 28.3 Å². The van der Waals surface area contributed by atoms with Crippen LogP contribution in [0.25, 0.3) is 22.2 Å². The van der Waals surface area contributed by atoms with Crippen LogP contribution in [0.15, 0.2) is 96.2 Å². The molecule has 0 bridgehead atoms. The van der Waals surface area contributed by atoms with Crippen molar-refractivity contribution in [2.45, 2.75) is 19.5 Å². The van der Waals surface area contributed by atoms with Gasteiger partial charge in [0.05, 0.1) is 23.8 Å². The van der Waals surface area contributed by atoms with E-state index in [1.54, 1.807) is 44.6 Å². The van der Waals surface area contributed by atoms with E-state index in [-0.39, 0.29) is 23.9 Å². The molecule has 5 rings (SSSR count). The molecule has 0 unspecified atom stereocenters. The minimum atomic E-state index is -0.504. The molecule has 0 aliphatic heterocycles. The maximum absolute atomic E-state index is 13.7. The fraction of sp³-hybridized carbons (Fsp3) is 0.129. The van der Waals surface area contributed by atoms with E-state index in [4.69, 9.17) is 0 Å². The largest absolute Gasteiger partial charge is 0.320 e. The van der Waals surface area contributed by atoms with Gasteiger partial charge in [0.25, 0.3) is 5.56 Å². The number of ketones is 1. The Kier molecular flexibility index (Phi) is 7.56. The topological polar surface area (TPSA) is 106 Å². The first kappa shape index (κ1) is 26.6. The Balaban J connectivity index is 1.57. The highest BCUT2D eigenvalue weighted by molar-refractivity contribution is 6.08. The maximum Gasteiger partial charge on any atom is 0.275 e. The van der Waals surface area contributed by atoms with E-state index < -0.39 is 17.4 Å². The lowest BCUT2D eigenvalue weighted by atomic mass is 10.0. The summed E-state index contributed by atoms with van der Waals surface area (Å²) in [4.78, 5) is 48.1. The first-order chi connectivity index (χ1) is 19.3. The standard InChI is InChI=1S/C31H26FN5O3/c1-19(33-2)30(39)36-27-11-12-28(23-14-22-5-3-4-6-26(22)35-17-23)37(31(27)40)18-20-13-24(16-34-15-20)29(38)21-7-9-25(32)10-8-21/h3-17,19,33H,18H2,1-2H3,(H,36,39)/t19-/m1/s1. The smallest absolute Gasteiger partial charge is 0.275 e. The van der Waals surface area contributed by atoms with Crippen LogP contribution in [0, 0.1) is 5.82 Å². The van der Waals surface area contributed by atoms with Gasteiger partial charge in [0.2, 0.25) is 5.91 Å². The summed E-state index contributed by atoms with van der Waals surface area (Å²) in [7, 11) is 1.66. The van der Waals surface area contributed by atoms with Crippen molar-refractivity contribution in [1.82, 2.24) is 19.9 Å². The molecule has 1 amide bonds. The van der Waals surface area contributed by atoms with E-state index in [2.05, 4.69) is 20.6 Å². The first-order valence-corrected chi connectivity index (χ1v) is 12.7. The monoisotopic (exact) mass is 535 g/mol. The molecule has 0 fully saturated rings. The average molecular weight is 536 g/mol. The molecule has 0 saturated heterocycles. The summed E-state index contributed by atoms with van der Waals surface area (Å²) >= 11 is 0. The molecule has 200 valence electrons. The third-order valence-electron chi connectivity index (χ3n) is 6.65. The molecule has 0 spiro atoms. The van der Waals surface area contributed by atoms with Crippen LogP contribution in [0.2, 0.25) is 0 Å². The zero-order valence-corrected chi connectivity index (χ0v) is 21.9. The van der Waals surface area contributed by atoms with Crippen LogP contribution in [0.3, 0.4) is 0 Å². The fourth-order valence-corrected chi connectivity index (χ4v) is 4.31. The molecule has 2 N–H and O–H groups in total. The Hall–Kier alpha value is -5.02. The van der Waals surface area contributed by atoms with Crippen LogP contribution in [0.4, 0.5) is 10.1 Å². The average Bonchev–Trinajstić information content (AvgIpc) is 2.98. The maximum atomic E-state index is 13.7. The van der Waals surface area contributed by atoms with E-state index in [0.717, 1.165) is 10.9 Å². The summed E-state index contributed by atoms with van der Waals surface area (Å²) in [5, 5.41) is 6.47. The fourth-order valence-electron chi connectivity index (χ4n) is 4.31. The minimum Gasteiger partial charge on any atom is -0.320 e. The van der Waals surface area contributed by atoms with Crippen molar-refractivity contribution in [3.05, 3.63) is 124 Å². The van der Waals surface area contributed by atoms with Gasteiger partial charge >= 0.3 is 0 Å². The van der Waals surface area contributed by atoms with Gasteiger partial charge < -0.3 is 15.2 Å². The number of fused-ring (bicyclic) bond motifs is 1. The number of nitrogens with one attached hydrogen (secondary N) is 2. The number of para-hydroxylation sites is 1. The van der Waals surface area contributed by atoms with Crippen LogP contribution in [-0.4, -0.2) is 39.3 Å². The van der Waals surface area contributed by atoms with Gasteiger partial charge in [0, 0.05) is 40.7 Å². The van der Waals surface area contributed by atoms with Crippen LogP contribution in [0.5, 0.6) is 0 Å². The number of hydrogen-bond donors (Lipinski definition) is 2. The molecular formula is C31H26FN5O3. The summed E-state index contributed by atoms with van der Waals surface area (Å²) in [5.41, 5.74) is 3.04. The highest BCUT2D eigenvalue weighted by Crippen LogP contribution is 2.24. The molecule has 0 aliphatic carbocycles. The molecule has 1 atom stereocenters. The number of amides is 1. The Labute approximate surface area is 229 Å². The quantitative estimate of drug-likeness (QED) is 0.285. The van der Waals surface area contributed by atoms with E-state index in [0.29, 0.717) is 27.9 Å². The Bertz CT molecular complexity index is 1780. The van der Waals surface area contributed by atoms with Crippen molar-refractivity contribution in [1.29, 1.82) is 0 Å². The second-order valence-corrected chi connectivity index (χ2v) is 9.36. The van der Waals surface area contributed by atoms with Crippen molar-refractivity contribution in [2.24, 2.45) is 0 Å². The second kappa shape index (κ2) is 11.4. The second-order valence-electron chi connectivity index (χ2n) is 9.36. The van der Waals surface area contributed by atoms with Gasteiger partial charge in [-0.3, -0.25) is 24.4 Å². The van der Waals surface area contributed by atoms with Crippen LogP contribution >= 0.6 is 0 Å². The third-order valence-corrected chi connectivity index (χ3v) is 6.65. The molecule has 40 heavy (non-hydrogen) atoms. The van der Waals surface area contributed by atoms with Gasteiger partial charge in [-0.25, -0.2) is 4.39 Å². The van der Waals surface area contributed by atoms with Crippen molar-refractivity contribution < 1.29 is 14.0 Å². The van der Waals surface area contributed by atoms with E-state index >= 15 is 0 Å². The number of rotatable bonds is 8. The number of benzene rings is 2. The van der Waals surface area contributed by atoms with Gasteiger partial charge in [0.15, 0.2) is 5.78 Å². The predicted octanol–water partition coefficient (Wildman–Crippen LogP) is 4.42. The zero-order valence-electron chi connectivity index (χ0n) is 21.9. The molecule has 3 aromatic heterocycles. The third kappa shape index (κ3) is 5.55. The Morgan fingerprint density at radius 2 is 1.73 bits per heavy atom. The molecule has 9 heteroatoms. The Morgan fingerprint density at radius 1 is 0.950 bits per heavy atom. The lowest BCUT2D eigenvalue weighted by Crippen LogP contribution is -2.37. The van der Waals surface area contributed by atoms with Crippen molar-refractivity contribution in [2.75, 3.05) is 12.4 Å². The molecule has 8 nitrogen and oxygen atoms in total. The van der Waals surface area contributed by atoms with Crippen LogP contribution in [-0.2, 0) is 11.3 Å². The molecule has 2 aromatic carbocycles. The Morgan fingerprint density at radius 3 is 2.50 bits per heavy atom. The molecule has 3 heterocycles. The van der Waals surface area contributed by atoms with Gasteiger partial charge in [0.1, 0.15) is 11.5 Å². The summed E-state index contributed by atoms with van der Waals surface area (Å²) in [6, 6.07) is 19.4. The number of pyridine rings is 3. The summed E-state index contributed by atoms with van der Waals surface area (Å²) in [6.07, 6.45) is 4.70. The van der Waals surface area contributed by atoms with Gasteiger partial charge in [-0.15, -0.1) is 0 Å². The first-order valence-electron chi connectivity index (χ1n) is 12.7. The number of nitrogens with zero attached hydrogens (tertiary/aromatic N) is 3. The summed E-state index contributed by atoms with van der Waals surface area (Å²) in [5.74, 6) is -1.10. The van der Waals surface area contributed by atoms with Gasteiger partial charge in [-0.05, 0) is 74.1 Å². The van der Waals surface area contributed by atoms with Crippen LogP contribution in [0.1, 0.15) is 28.4 Å².